The van der Waals surface area contributed by atoms with Gasteiger partial charge in [0.25, 0.3) is 0 Å². The van der Waals surface area contributed by atoms with Crippen LogP contribution in [-0.4, -0.2) is 24.8 Å². The van der Waals surface area contributed by atoms with Crippen LogP contribution in [0.15, 0.2) is 0 Å². The first-order chi connectivity index (χ1) is 5.24. The number of hydrogen-bond donors (Lipinski definition) is 1. The molecule has 0 aromatic heterocycles. The minimum atomic E-state index is -0.649. The van der Waals surface area contributed by atoms with Gasteiger partial charge in [0, 0.05) is 13.7 Å². The quantitative estimate of drug-likeness (QED) is 0.669. The van der Waals surface area contributed by atoms with Gasteiger partial charge in [-0.05, 0) is 25.2 Å². The van der Waals surface area contributed by atoms with Crippen molar-refractivity contribution in [3.05, 3.63) is 0 Å². The molecule has 0 heterocycles. The Hall–Kier alpha value is -0.570. The van der Waals surface area contributed by atoms with Crippen molar-refractivity contribution in [2.24, 2.45) is 11.8 Å². The first-order valence-corrected chi connectivity index (χ1v) is 3.95. The van der Waals surface area contributed by atoms with Gasteiger partial charge in [-0.2, -0.15) is 0 Å². The molecule has 0 saturated heterocycles. The molecular weight excluding hydrogens is 144 g/mol. The van der Waals surface area contributed by atoms with Crippen molar-refractivity contribution in [2.45, 2.75) is 19.3 Å². The number of carboxylic acid groups (broad SMARTS) is 1. The van der Waals surface area contributed by atoms with Gasteiger partial charge >= 0.3 is 5.97 Å². The zero-order valence-corrected chi connectivity index (χ0v) is 6.75. The molecule has 1 rings (SSSR count). The summed E-state index contributed by atoms with van der Waals surface area (Å²) in [5, 5.41) is 8.66. The van der Waals surface area contributed by atoms with Crippen LogP contribution >= 0.6 is 0 Å². The van der Waals surface area contributed by atoms with Crippen molar-refractivity contribution in [3.8, 4) is 0 Å². The normalized spacial score (nSPS) is 30.6. The van der Waals surface area contributed by atoms with Gasteiger partial charge in [0.2, 0.25) is 0 Å². The first kappa shape index (κ1) is 8.53. The Balaban J connectivity index is 2.29. The molecule has 0 radical (unpaired) electrons. The highest BCUT2D eigenvalue weighted by Gasteiger charge is 2.29. The lowest BCUT2D eigenvalue weighted by molar-refractivity contribution is -0.141. The zero-order chi connectivity index (χ0) is 8.27. The van der Waals surface area contributed by atoms with E-state index in [9.17, 15) is 4.79 Å². The van der Waals surface area contributed by atoms with Crippen molar-refractivity contribution in [3.63, 3.8) is 0 Å². The number of carboxylic acids is 1. The van der Waals surface area contributed by atoms with Crippen molar-refractivity contribution < 1.29 is 14.6 Å². The molecule has 3 nitrogen and oxygen atoms in total. The van der Waals surface area contributed by atoms with E-state index in [1.165, 1.54) is 0 Å². The predicted octanol–water partition coefficient (Wildman–Crippen LogP) is 1.13. The van der Waals surface area contributed by atoms with Gasteiger partial charge in [-0.25, -0.2) is 0 Å². The van der Waals surface area contributed by atoms with Gasteiger partial charge in [0.15, 0.2) is 0 Å². The fourth-order valence-electron chi connectivity index (χ4n) is 1.69. The Labute approximate surface area is 66.4 Å². The smallest absolute Gasteiger partial charge is 0.306 e. The lowest BCUT2D eigenvalue weighted by Crippen LogP contribution is -2.11. The molecule has 0 aromatic carbocycles. The fraction of sp³-hybridized carbons (Fsp3) is 0.875. The third kappa shape index (κ3) is 2.19. The molecule has 1 aliphatic carbocycles. The van der Waals surface area contributed by atoms with Gasteiger partial charge in [-0.1, -0.05) is 0 Å². The fourth-order valence-corrected chi connectivity index (χ4v) is 1.69. The molecule has 11 heavy (non-hydrogen) atoms. The van der Waals surface area contributed by atoms with E-state index >= 15 is 0 Å². The summed E-state index contributed by atoms with van der Waals surface area (Å²) >= 11 is 0. The van der Waals surface area contributed by atoms with Crippen LogP contribution in [0.2, 0.25) is 0 Å². The molecule has 3 heteroatoms. The summed E-state index contributed by atoms with van der Waals surface area (Å²) < 4.78 is 4.96. The lowest BCUT2D eigenvalue weighted by Gasteiger charge is -2.06. The average Bonchev–Trinajstić information content (AvgIpc) is 2.37. The number of hydrogen-bond acceptors (Lipinski definition) is 2. The predicted molar refractivity (Wildman–Crippen MR) is 40.3 cm³/mol. The largest absolute Gasteiger partial charge is 0.481 e. The summed E-state index contributed by atoms with van der Waals surface area (Å²) in [5.74, 6) is -0.292. The Kier molecular flexibility index (Phi) is 2.88. The van der Waals surface area contributed by atoms with E-state index in [0.717, 1.165) is 19.3 Å². The summed E-state index contributed by atoms with van der Waals surface area (Å²) in [6.45, 7) is 0.712. The molecule has 1 saturated carbocycles. The summed E-state index contributed by atoms with van der Waals surface area (Å²) in [4.78, 5) is 10.5. The standard InChI is InChI=1S/C8H14O3/c1-11-5-6-2-3-7(4-6)8(9)10/h6-7H,2-5H2,1H3,(H,9,10)/t6-,7-/m0/s1. The van der Waals surface area contributed by atoms with Gasteiger partial charge in [0.05, 0.1) is 5.92 Å². The van der Waals surface area contributed by atoms with Crippen LogP contribution in [0, 0.1) is 11.8 Å². The van der Waals surface area contributed by atoms with Crippen LogP contribution in [0.3, 0.4) is 0 Å². The monoisotopic (exact) mass is 158 g/mol. The molecule has 0 bridgehead atoms. The summed E-state index contributed by atoms with van der Waals surface area (Å²) in [7, 11) is 1.66. The number of aliphatic carboxylic acids is 1. The molecule has 64 valence electrons. The van der Waals surface area contributed by atoms with Crippen molar-refractivity contribution in [2.75, 3.05) is 13.7 Å². The highest BCUT2D eigenvalue weighted by molar-refractivity contribution is 5.70. The van der Waals surface area contributed by atoms with Crippen LogP contribution in [0.1, 0.15) is 19.3 Å². The number of ether oxygens (including phenoxy) is 1. The SMILES string of the molecule is COC[C@H]1CC[C@H](C(=O)O)C1. The minimum absolute atomic E-state index is 0.116. The van der Waals surface area contributed by atoms with E-state index in [4.69, 9.17) is 9.84 Å². The lowest BCUT2D eigenvalue weighted by atomic mass is 10.1. The third-order valence-electron chi connectivity index (χ3n) is 2.29. The Morgan fingerprint density at radius 2 is 2.36 bits per heavy atom. The van der Waals surface area contributed by atoms with Crippen LogP contribution < -0.4 is 0 Å². The molecule has 1 fully saturated rings. The van der Waals surface area contributed by atoms with Crippen molar-refractivity contribution in [1.29, 1.82) is 0 Å². The van der Waals surface area contributed by atoms with Crippen molar-refractivity contribution >= 4 is 5.97 Å². The van der Waals surface area contributed by atoms with Crippen LogP contribution in [0.5, 0.6) is 0 Å². The van der Waals surface area contributed by atoms with E-state index in [-0.39, 0.29) is 5.92 Å². The molecular formula is C8H14O3. The Morgan fingerprint density at radius 1 is 1.64 bits per heavy atom. The van der Waals surface area contributed by atoms with Gasteiger partial charge in [-0.15, -0.1) is 0 Å². The van der Waals surface area contributed by atoms with Crippen molar-refractivity contribution in [1.82, 2.24) is 0 Å². The average molecular weight is 158 g/mol. The second-order valence-corrected chi connectivity index (χ2v) is 3.17. The van der Waals surface area contributed by atoms with E-state index in [1.807, 2.05) is 0 Å². The number of rotatable bonds is 3. The van der Waals surface area contributed by atoms with Crippen LogP contribution in [-0.2, 0) is 9.53 Å². The molecule has 0 amide bonds. The zero-order valence-electron chi connectivity index (χ0n) is 6.75. The molecule has 0 spiro atoms. The van der Waals surface area contributed by atoms with Gasteiger partial charge in [-0.3, -0.25) is 4.79 Å². The molecule has 2 atom stereocenters. The first-order valence-electron chi connectivity index (χ1n) is 3.95. The highest BCUT2D eigenvalue weighted by Crippen LogP contribution is 2.30. The van der Waals surface area contributed by atoms with E-state index in [1.54, 1.807) is 7.11 Å². The molecule has 0 unspecified atom stereocenters. The Morgan fingerprint density at radius 3 is 2.82 bits per heavy atom. The van der Waals surface area contributed by atoms with Crippen LogP contribution in [0.25, 0.3) is 0 Å². The maximum atomic E-state index is 10.5. The molecule has 1 N–H and O–H groups in total. The minimum Gasteiger partial charge on any atom is -0.481 e. The molecule has 0 aromatic rings. The van der Waals surface area contributed by atoms with Gasteiger partial charge in [0.1, 0.15) is 0 Å². The topological polar surface area (TPSA) is 46.5 Å². The van der Waals surface area contributed by atoms with E-state index in [0.29, 0.717) is 12.5 Å². The summed E-state index contributed by atoms with van der Waals surface area (Å²) in [5.41, 5.74) is 0. The summed E-state index contributed by atoms with van der Waals surface area (Å²) in [6.07, 6.45) is 2.62. The highest BCUT2D eigenvalue weighted by atomic mass is 16.5. The number of carbonyl (C=O) groups is 1. The maximum Gasteiger partial charge on any atom is 0.306 e. The summed E-state index contributed by atoms with van der Waals surface area (Å²) in [6, 6.07) is 0. The Bertz CT molecular complexity index is 144. The second-order valence-electron chi connectivity index (χ2n) is 3.17. The van der Waals surface area contributed by atoms with E-state index in [2.05, 4.69) is 0 Å². The second kappa shape index (κ2) is 3.72. The third-order valence-corrected chi connectivity index (χ3v) is 2.29. The maximum absolute atomic E-state index is 10.5. The number of methoxy groups -OCH3 is 1. The van der Waals surface area contributed by atoms with Crippen LogP contribution in [0.4, 0.5) is 0 Å². The molecule has 0 aliphatic heterocycles. The van der Waals surface area contributed by atoms with E-state index < -0.39 is 5.97 Å². The molecule has 1 aliphatic rings. The van der Waals surface area contributed by atoms with Gasteiger partial charge < -0.3 is 9.84 Å².